The molecule has 1 rings (SSSR count). The van der Waals surface area contributed by atoms with Crippen LogP contribution in [-0.2, 0) is 31.6 Å². The van der Waals surface area contributed by atoms with E-state index in [2.05, 4.69) is 17.9 Å². The van der Waals surface area contributed by atoms with E-state index in [1.54, 1.807) is 0 Å². The molecule has 1 aliphatic rings. The van der Waals surface area contributed by atoms with Crippen LogP contribution in [0.1, 0.15) is 13.3 Å². The second-order valence-corrected chi connectivity index (χ2v) is 8.49. The number of halogens is 1. The molecule has 0 aromatic carbocycles. The molecule has 0 spiro atoms. The Bertz CT molecular complexity index is 547. The van der Waals surface area contributed by atoms with Crippen molar-refractivity contribution in [3.05, 3.63) is 0 Å². The van der Waals surface area contributed by atoms with Crippen LogP contribution >= 0.6 is 23.5 Å². The van der Waals surface area contributed by atoms with E-state index >= 15 is 0 Å². The first-order valence-electron chi connectivity index (χ1n) is 5.40. The monoisotopic (exact) mass is 386 g/mol. The van der Waals surface area contributed by atoms with Crippen molar-refractivity contribution in [1.82, 2.24) is 0 Å². The number of hydrogen-bond donors (Lipinski definition) is 1. The van der Waals surface area contributed by atoms with E-state index in [1.807, 2.05) is 0 Å². The molecule has 0 bridgehead atoms. The minimum atomic E-state index is -6.11. The molecule has 1 saturated heterocycles. The number of phosphoric acid groups is 3. The Balaban J connectivity index is 2.67. The smallest absolute Gasteiger partial charge is 0.278 e. The highest BCUT2D eigenvalue weighted by atomic mass is 31.3. The third-order valence-corrected chi connectivity index (χ3v) is 5.91. The minimum Gasteiger partial charge on any atom is -0.790 e. The molecule has 0 aliphatic carbocycles. The van der Waals surface area contributed by atoms with Gasteiger partial charge in [0.1, 0.15) is 12.7 Å². The van der Waals surface area contributed by atoms with Crippen molar-refractivity contribution in [2.45, 2.75) is 31.4 Å². The van der Waals surface area contributed by atoms with Crippen LogP contribution in [0.15, 0.2) is 0 Å². The molecule has 12 nitrogen and oxygen atoms in total. The molecule has 0 aromatic rings. The van der Waals surface area contributed by atoms with E-state index in [9.17, 15) is 42.8 Å². The zero-order valence-electron chi connectivity index (χ0n) is 10.7. The average molecular weight is 386 g/mol. The molecular weight excluding hydrogens is 376 g/mol. The van der Waals surface area contributed by atoms with Gasteiger partial charge >= 0.3 is 0 Å². The Morgan fingerprint density at radius 2 is 1.77 bits per heavy atom. The Kier molecular flexibility index (Phi) is 6.13. The van der Waals surface area contributed by atoms with Crippen molar-refractivity contribution in [1.29, 1.82) is 0 Å². The fourth-order valence-electron chi connectivity index (χ4n) is 1.53. The summed E-state index contributed by atoms with van der Waals surface area (Å²) in [6, 6.07) is 0. The zero-order valence-corrected chi connectivity index (χ0v) is 13.4. The van der Waals surface area contributed by atoms with E-state index < -0.39 is 48.1 Å². The van der Waals surface area contributed by atoms with Gasteiger partial charge in [-0.25, -0.2) is 8.70 Å². The molecular formula is C6H10FO12P3-4. The molecule has 3 unspecified atom stereocenters. The minimum absolute atomic E-state index is 0.178. The summed E-state index contributed by atoms with van der Waals surface area (Å²) >= 11 is 0. The summed E-state index contributed by atoms with van der Waals surface area (Å²) in [5.74, 6) is -2.94. The first kappa shape index (κ1) is 20.3. The number of aliphatic hydroxyl groups excluding tert-OH is 1. The van der Waals surface area contributed by atoms with Crippen molar-refractivity contribution in [2.24, 2.45) is 0 Å². The molecule has 16 heteroatoms. The predicted octanol–water partition coefficient (Wildman–Crippen LogP) is -2.36. The maximum atomic E-state index is 14.0. The first-order chi connectivity index (χ1) is 9.64. The van der Waals surface area contributed by atoms with Gasteiger partial charge in [-0.2, -0.15) is 0 Å². The predicted molar refractivity (Wildman–Crippen MR) is 56.0 cm³/mol. The molecule has 1 fully saturated rings. The third-order valence-electron chi connectivity index (χ3n) is 2.27. The van der Waals surface area contributed by atoms with Gasteiger partial charge in [0.15, 0.2) is 0 Å². The van der Waals surface area contributed by atoms with Crippen LogP contribution in [0.2, 0.25) is 0 Å². The lowest BCUT2D eigenvalue weighted by Crippen LogP contribution is -2.39. The maximum Gasteiger partial charge on any atom is 0.278 e. The van der Waals surface area contributed by atoms with Gasteiger partial charge in [-0.1, -0.05) is 0 Å². The van der Waals surface area contributed by atoms with Crippen molar-refractivity contribution >= 4 is 23.5 Å². The van der Waals surface area contributed by atoms with Gasteiger partial charge in [0.25, 0.3) is 21.5 Å². The molecule has 1 aliphatic heterocycles. The summed E-state index contributed by atoms with van der Waals surface area (Å²) in [6.45, 7) is -0.0940. The zero-order chi connectivity index (χ0) is 17.4. The van der Waals surface area contributed by atoms with Crippen molar-refractivity contribution < 1.29 is 60.6 Å². The summed E-state index contributed by atoms with van der Waals surface area (Å²) < 4.78 is 60.6. The van der Waals surface area contributed by atoms with E-state index in [-0.39, 0.29) is 6.42 Å². The second-order valence-electron chi connectivity index (χ2n) is 4.24. The Hall–Kier alpha value is 0.260. The normalized spacial score (nSPS) is 35.0. The van der Waals surface area contributed by atoms with Crippen LogP contribution in [0.3, 0.4) is 0 Å². The molecule has 132 valence electrons. The quantitative estimate of drug-likeness (QED) is 0.457. The van der Waals surface area contributed by atoms with Gasteiger partial charge in [-0.05, 0) is 6.92 Å². The number of aliphatic hydroxyl groups is 1. The lowest BCUT2D eigenvalue weighted by atomic mass is 10.1. The second kappa shape index (κ2) is 6.64. The fourth-order valence-corrected chi connectivity index (χ4v) is 4.40. The highest BCUT2D eigenvalue weighted by Gasteiger charge is 2.48. The summed E-state index contributed by atoms with van der Waals surface area (Å²) in [7, 11) is -18.0. The number of phosphoric ester groups is 1. The maximum absolute atomic E-state index is 14.0. The van der Waals surface area contributed by atoms with Gasteiger partial charge in [0.05, 0.1) is 13.9 Å². The average Bonchev–Trinajstić information content (AvgIpc) is 2.45. The van der Waals surface area contributed by atoms with Crippen LogP contribution in [0, 0.1) is 0 Å². The van der Waals surface area contributed by atoms with Crippen molar-refractivity contribution in [2.75, 3.05) is 6.61 Å². The van der Waals surface area contributed by atoms with Crippen molar-refractivity contribution in [3.63, 3.8) is 0 Å². The van der Waals surface area contributed by atoms with Gasteiger partial charge < -0.3 is 38.5 Å². The number of rotatable bonds is 7. The molecule has 0 amide bonds. The molecule has 1 heterocycles. The van der Waals surface area contributed by atoms with Gasteiger partial charge in [0, 0.05) is 6.42 Å². The lowest BCUT2D eigenvalue weighted by Gasteiger charge is -2.38. The molecule has 1 N–H and O–H groups in total. The van der Waals surface area contributed by atoms with Gasteiger partial charge in [-0.15, -0.1) is 0 Å². The largest absolute Gasteiger partial charge is 0.790 e. The number of ether oxygens (including phenoxy) is 1. The van der Waals surface area contributed by atoms with E-state index in [4.69, 9.17) is 0 Å². The number of hydrogen-bond acceptors (Lipinski definition) is 12. The molecule has 5 atom stereocenters. The first-order valence-corrected chi connectivity index (χ1v) is 9.78. The molecule has 22 heavy (non-hydrogen) atoms. The van der Waals surface area contributed by atoms with Crippen LogP contribution in [0.25, 0.3) is 0 Å². The van der Waals surface area contributed by atoms with Crippen LogP contribution in [0.4, 0.5) is 4.39 Å². The van der Waals surface area contributed by atoms with Crippen LogP contribution in [-0.4, -0.2) is 29.8 Å². The summed E-state index contributed by atoms with van der Waals surface area (Å²) in [4.78, 5) is 42.2. The van der Waals surface area contributed by atoms with E-state index in [1.165, 1.54) is 6.92 Å². The molecule has 0 radical (unpaired) electrons. The molecule has 0 aromatic heterocycles. The van der Waals surface area contributed by atoms with Crippen LogP contribution in [0.5, 0.6) is 0 Å². The summed E-state index contributed by atoms with van der Waals surface area (Å²) in [5, 5.41) is 9.33. The Morgan fingerprint density at radius 1 is 1.23 bits per heavy atom. The number of alkyl halides is 1. The highest BCUT2D eigenvalue weighted by molar-refractivity contribution is 7.64. The fraction of sp³-hybridized carbons (Fsp3) is 1.00. The summed E-state index contributed by atoms with van der Waals surface area (Å²) in [6.07, 6.45) is -2.69. The van der Waals surface area contributed by atoms with E-state index in [0.717, 1.165) is 0 Å². The summed E-state index contributed by atoms with van der Waals surface area (Å²) in [5.41, 5.74) is 0. The van der Waals surface area contributed by atoms with Crippen LogP contribution < -0.4 is 19.6 Å². The Labute approximate surface area is 123 Å². The highest BCUT2D eigenvalue weighted by Crippen LogP contribution is 2.60. The van der Waals surface area contributed by atoms with E-state index in [0.29, 0.717) is 0 Å². The topological polar surface area (TPSA) is 201 Å². The lowest BCUT2D eigenvalue weighted by molar-refractivity contribution is -0.339. The van der Waals surface area contributed by atoms with Crippen molar-refractivity contribution in [3.8, 4) is 0 Å². The molecule has 0 saturated carbocycles. The van der Waals surface area contributed by atoms with Gasteiger partial charge in [0.2, 0.25) is 0 Å². The Morgan fingerprint density at radius 3 is 2.18 bits per heavy atom. The third kappa shape index (κ3) is 6.40. The standard InChI is InChI=1S/C6H14FO12P3/c1-4-2-5(8)6(7,17-4)3-16-21(12,13)19-22(14,15)18-20(9,10)11/h4-5,8H,2-3H2,1H3,(H,12,13)(H,14,15)(H2,9,10,11)/p-4/t4-,5?,6+/m0/s1. The SMILES string of the molecule is C[C@H]1CC(O)[C@@](F)(COP(=O)([O-])OP(=O)([O-])OP(=O)([O-])[O-])O1. The van der Waals surface area contributed by atoms with Gasteiger partial charge in [-0.3, -0.25) is 13.4 Å².